The average Bonchev–Trinajstić information content (AvgIpc) is 2.49. The van der Waals surface area contributed by atoms with Gasteiger partial charge < -0.3 is 5.32 Å². The standard InChI is InChI=1S/C16H16Br2FNS/c1-20-13(8-11-2-7-16(19)15(18)9-11)10-21-14-5-3-12(17)4-6-14/h2-7,9,13,20H,8,10H2,1H3. The molecule has 112 valence electrons. The fraction of sp³-hybridized carbons (Fsp3) is 0.250. The number of likely N-dealkylation sites (N-methyl/N-ethyl adjacent to an activating group) is 1. The van der Waals surface area contributed by atoms with Crippen molar-refractivity contribution in [2.45, 2.75) is 17.4 Å². The first-order valence-corrected chi connectivity index (χ1v) is 9.15. The van der Waals surface area contributed by atoms with Crippen LogP contribution in [0.2, 0.25) is 0 Å². The smallest absolute Gasteiger partial charge is 0.137 e. The molecule has 2 aromatic carbocycles. The molecule has 5 heteroatoms. The Morgan fingerprint density at radius 1 is 1.14 bits per heavy atom. The van der Waals surface area contributed by atoms with Gasteiger partial charge in [-0.05, 0) is 71.4 Å². The van der Waals surface area contributed by atoms with E-state index in [9.17, 15) is 4.39 Å². The molecule has 2 rings (SSSR count). The highest BCUT2D eigenvalue weighted by atomic mass is 79.9. The van der Waals surface area contributed by atoms with Crippen LogP contribution in [-0.2, 0) is 6.42 Å². The minimum absolute atomic E-state index is 0.219. The van der Waals surface area contributed by atoms with E-state index in [1.807, 2.05) is 43.1 Å². The van der Waals surface area contributed by atoms with Gasteiger partial charge in [0.15, 0.2) is 0 Å². The van der Waals surface area contributed by atoms with E-state index in [1.54, 1.807) is 0 Å². The molecule has 0 aliphatic rings. The van der Waals surface area contributed by atoms with Gasteiger partial charge in [-0.1, -0.05) is 22.0 Å². The van der Waals surface area contributed by atoms with Gasteiger partial charge >= 0.3 is 0 Å². The van der Waals surface area contributed by atoms with Crippen molar-refractivity contribution in [2.75, 3.05) is 12.8 Å². The Hall–Kier alpha value is -0.360. The van der Waals surface area contributed by atoms with E-state index < -0.39 is 0 Å². The molecule has 0 fully saturated rings. The lowest BCUT2D eigenvalue weighted by molar-refractivity contribution is 0.606. The summed E-state index contributed by atoms with van der Waals surface area (Å²) >= 11 is 8.49. The van der Waals surface area contributed by atoms with Crippen molar-refractivity contribution in [2.24, 2.45) is 0 Å². The molecule has 0 spiro atoms. The topological polar surface area (TPSA) is 12.0 Å². The highest BCUT2D eigenvalue weighted by molar-refractivity contribution is 9.10. The monoisotopic (exact) mass is 431 g/mol. The quantitative estimate of drug-likeness (QED) is 0.623. The number of nitrogens with one attached hydrogen (secondary N) is 1. The summed E-state index contributed by atoms with van der Waals surface area (Å²) in [6.07, 6.45) is 0.874. The van der Waals surface area contributed by atoms with Crippen LogP contribution in [0, 0.1) is 5.82 Å². The maximum atomic E-state index is 13.2. The summed E-state index contributed by atoms with van der Waals surface area (Å²) < 4.78 is 14.9. The molecule has 0 heterocycles. The van der Waals surface area contributed by atoms with Crippen LogP contribution in [0.15, 0.2) is 56.3 Å². The molecule has 2 aromatic rings. The molecule has 1 N–H and O–H groups in total. The van der Waals surface area contributed by atoms with Crippen molar-refractivity contribution in [3.05, 3.63) is 62.8 Å². The van der Waals surface area contributed by atoms with Crippen LogP contribution >= 0.6 is 43.6 Å². The van der Waals surface area contributed by atoms with Gasteiger partial charge in [-0.25, -0.2) is 4.39 Å². The zero-order valence-electron chi connectivity index (χ0n) is 11.6. The lowest BCUT2D eigenvalue weighted by Crippen LogP contribution is -2.30. The number of rotatable bonds is 6. The second kappa shape index (κ2) is 8.32. The molecule has 0 amide bonds. The number of thioether (sulfide) groups is 1. The van der Waals surface area contributed by atoms with Gasteiger partial charge in [0.05, 0.1) is 4.47 Å². The van der Waals surface area contributed by atoms with Crippen LogP contribution in [0.5, 0.6) is 0 Å². The molecule has 21 heavy (non-hydrogen) atoms. The third kappa shape index (κ3) is 5.40. The second-order valence-corrected chi connectivity index (χ2v) is 7.57. The lowest BCUT2D eigenvalue weighted by Gasteiger charge is -2.16. The lowest BCUT2D eigenvalue weighted by atomic mass is 10.1. The third-order valence-electron chi connectivity index (χ3n) is 3.14. The predicted octanol–water partition coefficient (Wildman–Crippen LogP) is 5.27. The normalized spacial score (nSPS) is 12.4. The van der Waals surface area contributed by atoms with Crippen molar-refractivity contribution in [3.8, 4) is 0 Å². The van der Waals surface area contributed by atoms with Gasteiger partial charge in [-0.2, -0.15) is 0 Å². The minimum atomic E-state index is -0.219. The average molecular weight is 433 g/mol. The molecule has 1 nitrogen and oxygen atoms in total. The van der Waals surface area contributed by atoms with Gasteiger partial charge in [0, 0.05) is 21.2 Å². The van der Waals surface area contributed by atoms with Crippen molar-refractivity contribution in [3.63, 3.8) is 0 Å². The summed E-state index contributed by atoms with van der Waals surface area (Å²) in [5.74, 6) is 0.747. The van der Waals surface area contributed by atoms with Crippen LogP contribution in [-0.4, -0.2) is 18.8 Å². The van der Waals surface area contributed by atoms with Crippen LogP contribution < -0.4 is 5.32 Å². The Morgan fingerprint density at radius 2 is 1.86 bits per heavy atom. The Morgan fingerprint density at radius 3 is 2.48 bits per heavy atom. The predicted molar refractivity (Wildman–Crippen MR) is 95.5 cm³/mol. The first-order chi connectivity index (χ1) is 10.1. The van der Waals surface area contributed by atoms with E-state index >= 15 is 0 Å². The first kappa shape index (κ1) is 17.0. The van der Waals surface area contributed by atoms with Crippen molar-refractivity contribution >= 4 is 43.6 Å². The summed E-state index contributed by atoms with van der Waals surface area (Å²) in [7, 11) is 1.96. The fourth-order valence-corrected chi connectivity index (χ4v) is 3.62. The van der Waals surface area contributed by atoms with Gasteiger partial charge in [-0.15, -0.1) is 11.8 Å². The Labute approximate surface area is 146 Å². The molecule has 0 aliphatic heterocycles. The summed E-state index contributed by atoms with van der Waals surface area (Å²) in [6, 6.07) is 13.9. The molecule has 0 aromatic heterocycles. The highest BCUT2D eigenvalue weighted by Crippen LogP contribution is 2.23. The summed E-state index contributed by atoms with van der Waals surface area (Å²) in [4.78, 5) is 1.25. The van der Waals surface area contributed by atoms with E-state index in [-0.39, 0.29) is 5.82 Å². The Balaban J connectivity index is 1.93. The number of benzene rings is 2. The van der Waals surface area contributed by atoms with Crippen LogP contribution in [0.3, 0.4) is 0 Å². The maximum Gasteiger partial charge on any atom is 0.137 e. The Kier molecular flexibility index (Phi) is 6.74. The van der Waals surface area contributed by atoms with E-state index in [0.717, 1.165) is 22.2 Å². The molecule has 1 unspecified atom stereocenters. The van der Waals surface area contributed by atoms with Crippen LogP contribution in [0.4, 0.5) is 4.39 Å². The SMILES string of the molecule is CNC(CSc1ccc(Br)cc1)Cc1ccc(F)c(Br)c1. The van der Waals surface area contributed by atoms with Crippen LogP contribution in [0.25, 0.3) is 0 Å². The van der Waals surface area contributed by atoms with Crippen molar-refractivity contribution in [1.29, 1.82) is 0 Å². The Bertz CT molecular complexity index is 589. The van der Waals surface area contributed by atoms with E-state index in [2.05, 4.69) is 49.3 Å². The van der Waals surface area contributed by atoms with Crippen molar-refractivity contribution in [1.82, 2.24) is 5.32 Å². The number of hydrogen-bond donors (Lipinski definition) is 1. The zero-order valence-corrected chi connectivity index (χ0v) is 15.6. The maximum absolute atomic E-state index is 13.2. The molecular formula is C16H16Br2FNS. The fourth-order valence-electron chi connectivity index (χ4n) is 1.92. The molecule has 0 radical (unpaired) electrons. The largest absolute Gasteiger partial charge is 0.316 e. The van der Waals surface area contributed by atoms with Gasteiger partial charge in [-0.3, -0.25) is 0 Å². The van der Waals surface area contributed by atoms with E-state index in [4.69, 9.17) is 0 Å². The summed E-state index contributed by atoms with van der Waals surface area (Å²) in [6.45, 7) is 0. The summed E-state index contributed by atoms with van der Waals surface area (Å²) in [5, 5.41) is 3.33. The third-order valence-corrected chi connectivity index (χ3v) is 5.45. The first-order valence-electron chi connectivity index (χ1n) is 6.58. The molecule has 1 atom stereocenters. The minimum Gasteiger partial charge on any atom is -0.316 e. The summed E-state index contributed by atoms with van der Waals surface area (Å²) in [5.41, 5.74) is 1.12. The van der Waals surface area contributed by atoms with Crippen molar-refractivity contribution < 1.29 is 4.39 Å². The molecule has 0 aliphatic carbocycles. The second-order valence-electron chi connectivity index (χ2n) is 4.70. The molecular weight excluding hydrogens is 417 g/mol. The van der Waals surface area contributed by atoms with Gasteiger partial charge in [0.25, 0.3) is 0 Å². The van der Waals surface area contributed by atoms with Gasteiger partial charge in [0.2, 0.25) is 0 Å². The van der Waals surface area contributed by atoms with Gasteiger partial charge in [0.1, 0.15) is 5.82 Å². The van der Waals surface area contributed by atoms with E-state index in [1.165, 1.54) is 11.0 Å². The number of halogens is 3. The van der Waals surface area contributed by atoms with E-state index in [0.29, 0.717) is 10.5 Å². The molecule has 0 saturated carbocycles. The number of hydrogen-bond acceptors (Lipinski definition) is 2. The zero-order chi connectivity index (χ0) is 15.2. The van der Waals surface area contributed by atoms with Crippen LogP contribution in [0.1, 0.15) is 5.56 Å². The molecule has 0 saturated heterocycles. The molecule has 0 bridgehead atoms. The highest BCUT2D eigenvalue weighted by Gasteiger charge is 2.09.